The van der Waals surface area contributed by atoms with Crippen LogP contribution in [0.5, 0.6) is 5.75 Å². The van der Waals surface area contributed by atoms with Gasteiger partial charge < -0.3 is 4.74 Å². The number of hydrogen-bond acceptors (Lipinski definition) is 3. The van der Waals surface area contributed by atoms with Gasteiger partial charge in [-0.1, -0.05) is 23.8 Å². The zero-order chi connectivity index (χ0) is 13.0. The summed E-state index contributed by atoms with van der Waals surface area (Å²) < 4.78 is 5.69. The summed E-state index contributed by atoms with van der Waals surface area (Å²) in [6.07, 6.45) is 3.04. The highest BCUT2D eigenvalue weighted by molar-refractivity contribution is 5.38. The number of fused-ring (bicyclic) bond motifs is 1. The summed E-state index contributed by atoms with van der Waals surface area (Å²) in [5.74, 6) is 7.16. The molecule has 1 aliphatic heterocycles. The summed E-state index contributed by atoms with van der Waals surface area (Å²) in [6, 6.07) is 8.54. The van der Waals surface area contributed by atoms with Gasteiger partial charge in [-0.25, -0.2) is 0 Å². The number of benzene rings is 1. The molecule has 0 saturated carbocycles. The first-order valence-electron chi connectivity index (χ1n) is 6.54. The third-order valence-corrected chi connectivity index (χ3v) is 3.59. The number of hydrazine groups is 1. The molecular formula is C15H22N2O. The standard InChI is InChI=1S/C15H22N2O/c1-11(2)7-8-14(17-16)12-9-10-18-15-6-4-3-5-13(12)15/h3-6,12,14,17H,1,7-10,16H2,2H3. The molecule has 2 unspecified atom stereocenters. The van der Waals surface area contributed by atoms with Gasteiger partial charge in [-0.15, -0.1) is 6.58 Å². The Labute approximate surface area is 109 Å². The number of nitrogens with two attached hydrogens (primary N) is 1. The molecule has 3 N–H and O–H groups in total. The van der Waals surface area contributed by atoms with Crippen LogP contribution >= 0.6 is 0 Å². The smallest absolute Gasteiger partial charge is 0.122 e. The van der Waals surface area contributed by atoms with Gasteiger partial charge in [-0.2, -0.15) is 0 Å². The minimum atomic E-state index is 0.284. The molecule has 0 bridgehead atoms. The van der Waals surface area contributed by atoms with E-state index in [4.69, 9.17) is 10.6 Å². The fraction of sp³-hybridized carbons (Fsp3) is 0.467. The third-order valence-electron chi connectivity index (χ3n) is 3.59. The fourth-order valence-corrected chi connectivity index (χ4v) is 2.59. The lowest BCUT2D eigenvalue weighted by Crippen LogP contribution is -2.41. The number of nitrogens with one attached hydrogen (secondary N) is 1. The van der Waals surface area contributed by atoms with Crippen molar-refractivity contribution in [3.63, 3.8) is 0 Å². The number of allylic oxidation sites excluding steroid dienone is 1. The van der Waals surface area contributed by atoms with E-state index in [1.54, 1.807) is 0 Å². The molecule has 0 spiro atoms. The minimum absolute atomic E-state index is 0.284. The van der Waals surface area contributed by atoms with Crippen LogP contribution in [-0.2, 0) is 0 Å². The van der Waals surface area contributed by atoms with Gasteiger partial charge in [0.05, 0.1) is 6.61 Å². The Bertz CT molecular complexity index is 417. The van der Waals surface area contributed by atoms with E-state index < -0.39 is 0 Å². The second kappa shape index (κ2) is 6.03. The molecule has 0 radical (unpaired) electrons. The lowest BCUT2D eigenvalue weighted by atomic mass is 9.84. The topological polar surface area (TPSA) is 47.3 Å². The van der Waals surface area contributed by atoms with E-state index in [0.717, 1.165) is 31.6 Å². The van der Waals surface area contributed by atoms with E-state index in [1.807, 2.05) is 12.1 Å². The summed E-state index contributed by atoms with van der Waals surface area (Å²) in [6.45, 7) is 6.79. The summed E-state index contributed by atoms with van der Waals surface area (Å²) in [5.41, 5.74) is 5.45. The number of hydrogen-bond donors (Lipinski definition) is 2. The maximum absolute atomic E-state index is 5.73. The van der Waals surface area contributed by atoms with Crippen LogP contribution in [0.1, 0.15) is 37.7 Å². The number of ether oxygens (including phenoxy) is 1. The first-order valence-corrected chi connectivity index (χ1v) is 6.54. The molecule has 0 aliphatic carbocycles. The van der Waals surface area contributed by atoms with Crippen molar-refractivity contribution in [2.75, 3.05) is 6.61 Å². The van der Waals surface area contributed by atoms with Crippen molar-refractivity contribution >= 4 is 0 Å². The van der Waals surface area contributed by atoms with E-state index in [2.05, 4.69) is 31.1 Å². The molecule has 1 heterocycles. The SMILES string of the molecule is C=C(C)CCC(NN)C1CCOc2ccccc21. The van der Waals surface area contributed by atoms with Crippen LogP contribution in [0.2, 0.25) is 0 Å². The molecule has 0 saturated heterocycles. The lowest BCUT2D eigenvalue weighted by molar-refractivity contribution is 0.242. The lowest BCUT2D eigenvalue weighted by Gasteiger charge is -2.32. The average Bonchev–Trinajstić information content (AvgIpc) is 2.39. The molecule has 1 aliphatic rings. The molecule has 0 aromatic heterocycles. The number of rotatable bonds is 5. The van der Waals surface area contributed by atoms with Crippen molar-refractivity contribution in [3.8, 4) is 5.75 Å². The quantitative estimate of drug-likeness (QED) is 0.477. The second-order valence-corrected chi connectivity index (χ2v) is 5.05. The van der Waals surface area contributed by atoms with Crippen molar-refractivity contribution in [2.45, 2.75) is 38.1 Å². The molecule has 1 aromatic rings. The maximum Gasteiger partial charge on any atom is 0.122 e. The molecule has 2 atom stereocenters. The van der Waals surface area contributed by atoms with Crippen molar-refractivity contribution in [1.82, 2.24) is 5.43 Å². The second-order valence-electron chi connectivity index (χ2n) is 5.05. The van der Waals surface area contributed by atoms with Crippen LogP contribution in [0.3, 0.4) is 0 Å². The highest BCUT2D eigenvalue weighted by atomic mass is 16.5. The average molecular weight is 246 g/mol. The van der Waals surface area contributed by atoms with Gasteiger partial charge in [0.1, 0.15) is 5.75 Å². The Morgan fingerprint density at radius 2 is 2.33 bits per heavy atom. The zero-order valence-corrected chi connectivity index (χ0v) is 11.0. The molecule has 1 aromatic carbocycles. The van der Waals surface area contributed by atoms with Crippen LogP contribution in [0.4, 0.5) is 0 Å². The zero-order valence-electron chi connectivity index (χ0n) is 11.0. The Kier molecular flexibility index (Phi) is 4.39. The molecule has 3 heteroatoms. The van der Waals surface area contributed by atoms with Gasteiger partial charge in [0.25, 0.3) is 0 Å². The predicted octanol–water partition coefficient (Wildman–Crippen LogP) is 2.74. The Morgan fingerprint density at radius 3 is 3.06 bits per heavy atom. The molecule has 2 rings (SSSR count). The van der Waals surface area contributed by atoms with Gasteiger partial charge in [0.15, 0.2) is 0 Å². The normalized spacial score (nSPS) is 19.8. The highest BCUT2D eigenvalue weighted by Gasteiger charge is 2.27. The van der Waals surface area contributed by atoms with Crippen LogP contribution in [-0.4, -0.2) is 12.6 Å². The highest BCUT2D eigenvalue weighted by Crippen LogP contribution is 2.36. The predicted molar refractivity (Wildman–Crippen MR) is 74.5 cm³/mol. The fourth-order valence-electron chi connectivity index (χ4n) is 2.59. The first kappa shape index (κ1) is 13.1. The van der Waals surface area contributed by atoms with E-state index >= 15 is 0 Å². The summed E-state index contributed by atoms with van der Waals surface area (Å²) in [7, 11) is 0. The van der Waals surface area contributed by atoms with Gasteiger partial charge in [0, 0.05) is 12.0 Å². The minimum Gasteiger partial charge on any atom is -0.493 e. The van der Waals surface area contributed by atoms with Gasteiger partial charge in [0.2, 0.25) is 0 Å². The molecular weight excluding hydrogens is 224 g/mol. The Hall–Kier alpha value is -1.32. The summed E-state index contributed by atoms with van der Waals surface area (Å²) in [5, 5.41) is 0. The van der Waals surface area contributed by atoms with Crippen LogP contribution in [0.25, 0.3) is 0 Å². The van der Waals surface area contributed by atoms with Gasteiger partial charge >= 0.3 is 0 Å². The third kappa shape index (κ3) is 2.92. The summed E-state index contributed by atoms with van der Waals surface area (Å²) in [4.78, 5) is 0. The van der Waals surface area contributed by atoms with E-state index in [9.17, 15) is 0 Å². The van der Waals surface area contributed by atoms with Crippen LogP contribution in [0.15, 0.2) is 36.4 Å². The van der Waals surface area contributed by atoms with Crippen molar-refractivity contribution < 1.29 is 4.74 Å². The van der Waals surface area contributed by atoms with Crippen molar-refractivity contribution in [1.29, 1.82) is 0 Å². The van der Waals surface area contributed by atoms with E-state index in [1.165, 1.54) is 11.1 Å². The molecule has 0 fully saturated rings. The van der Waals surface area contributed by atoms with Crippen molar-refractivity contribution in [2.24, 2.45) is 5.84 Å². The van der Waals surface area contributed by atoms with Gasteiger partial charge in [-0.05, 0) is 37.8 Å². The first-order chi connectivity index (χ1) is 8.72. The van der Waals surface area contributed by atoms with Crippen molar-refractivity contribution in [3.05, 3.63) is 42.0 Å². The molecule has 98 valence electrons. The summed E-state index contributed by atoms with van der Waals surface area (Å²) >= 11 is 0. The Morgan fingerprint density at radius 1 is 1.56 bits per heavy atom. The molecule has 0 amide bonds. The van der Waals surface area contributed by atoms with Crippen LogP contribution < -0.4 is 16.0 Å². The van der Waals surface area contributed by atoms with E-state index in [-0.39, 0.29) is 6.04 Å². The monoisotopic (exact) mass is 246 g/mol. The van der Waals surface area contributed by atoms with Gasteiger partial charge in [-0.3, -0.25) is 11.3 Å². The molecule has 3 nitrogen and oxygen atoms in total. The van der Waals surface area contributed by atoms with Crippen LogP contribution in [0, 0.1) is 0 Å². The van der Waals surface area contributed by atoms with E-state index in [0.29, 0.717) is 5.92 Å². The molecule has 18 heavy (non-hydrogen) atoms. The maximum atomic E-state index is 5.73. The Balaban J connectivity index is 2.14. The largest absolute Gasteiger partial charge is 0.493 e. The number of para-hydroxylation sites is 1.